The summed E-state index contributed by atoms with van der Waals surface area (Å²) in [5, 5.41) is 24.8. The lowest BCUT2D eigenvalue weighted by atomic mass is 10.0. The Hall–Kier alpha value is -3.28. The summed E-state index contributed by atoms with van der Waals surface area (Å²) in [5.41, 5.74) is 1.13. The van der Waals surface area contributed by atoms with Crippen LogP contribution in [-0.2, 0) is 22.7 Å². The summed E-state index contributed by atoms with van der Waals surface area (Å²) in [6.45, 7) is 3.82. The van der Waals surface area contributed by atoms with Crippen LogP contribution in [0, 0.1) is 5.92 Å². The van der Waals surface area contributed by atoms with Gasteiger partial charge in [-0.25, -0.2) is 0 Å². The van der Waals surface area contributed by atoms with E-state index in [-0.39, 0.29) is 31.0 Å². The molecule has 0 aliphatic carbocycles. The van der Waals surface area contributed by atoms with E-state index in [0.717, 1.165) is 0 Å². The zero-order valence-corrected chi connectivity index (χ0v) is 14.3. The van der Waals surface area contributed by atoms with Crippen molar-refractivity contribution in [1.82, 2.24) is 10.6 Å². The Morgan fingerprint density at radius 3 is 1.69 bits per heavy atom. The number of nitrogens with one attached hydrogen (secondary N) is 2. The molecule has 26 heavy (non-hydrogen) atoms. The van der Waals surface area contributed by atoms with Crippen LogP contribution in [0.15, 0.2) is 61.2 Å². The third kappa shape index (κ3) is 5.11. The van der Waals surface area contributed by atoms with Gasteiger partial charge in [0.1, 0.15) is 17.4 Å². The fraction of sp³-hybridized carbons (Fsp3) is 0.200. The fourth-order valence-corrected chi connectivity index (χ4v) is 2.43. The second kappa shape index (κ2) is 9.27. The molecular weight excluding hydrogens is 332 g/mol. The molecule has 2 amide bonds. The minimum atomic E-state index is -0.941. The number of aromatic hydroxyl groups is 2. The summed E-state index contributed by atoms with van der Waals surface area (Å²) in [7, 11) is 0. The Kier molecular flexibility index (Phi) is 6.79. The minimum Gasteiger partial charge on any atom is -0.508 e. The minimum absolute atomic E-state index is 0.0806. The van der Waals surface area contributed by atoms with Gasteiger partial charge < -0.3 is 20.8 Å². The quantitative estimate of drug-likeness (QED) is 0.431. The molecule has 6 nitrogen and oxygen atoms in total. The van der Waals surface area contributed by atoms with Gasteiger partial charge in [0.2, 0.25) is 11.8 Å². The van der Waals surface area contributed by atoms with E-state index in [1.54, 1.807) is 36.4 Å². The molecule has 6 heteroatoms. The molecule has 0 aromatic heterocycles. The Labute approximate surface area is 152 Å². The zero-order chi connectivity index (χ0) is 18.9. The van der Waals surface area contributed by atoms with Gasteiger partial charge in [-0.15, -0.1) is 6.58 Å². The van der Waals surface area contributed by atoms with E-state index in [1.807, 2.05) is 0 Å². The van der Waals surface area contributed by atoms with E-state index in [4.69, 9.17) is 0 Å². The first-order valence-corrected chi connectivity index (χ1v) is 8.23. The first-order chi connectivity index (χ1) is 12.5. The van der Waals surface area contributed by atoms with E-state index >= 15 is 0 Å². The molecule has 0 bridgehead atoms. The summed E-state index contributed by atoms with van der Waals surface area (Å²) >= 11 is 0. The molecule has 0 saturated heterocycles. The number of rotatable bonds is 8. The topological polar surface area (TPSA) is 98.7 Å². The molecule has 0 aliphatic heterocycles. The van der Waals surface area contributed by atoms with Crippen LogP contribution in [0.2, 0.25) is 0 Å². The molecule has 4 N–H and O–H groups in total. The average Bonchev–Trinajstić information content (AvgIpc) is 2.64. The van der Waals surface area contributed by atoms with Crippen molar-refractivity contribution in [2.75, 3.05) is 0 Å². The van der Waals surface area contributed by atoms with Crippen molar-refractivity contribution in [3.05, 3.63) is 72.3 Å². The average molecular weight is 354 g/mol. The van der Waals surface area contributed by atoms with Crippen LogP contribution in [0.1, 0.15) is 17.5 Å². The molecule has 0 saturated carbocycles. The lowest BCUT2D eigenvalue weighted by Gasteiger charge is -2.16. The van der Waals surface area contributed by atoms with Crippen molar-refractivity contribution in [2.24, 2.45) is 5.92 Å². The van der Waals surface area contributed by atoms with E-state index < -0.39 is 17.7 Å². The Balaban J connectivity index is 1.96. The van der Waals surface area contributed by atoms with E-state index in [2.05, 4.69) is 17.2 Å². The van der Waals surface area contributed by atoms with Gasteiger partial charge in [-0.3, -0.25) is 9.59 Å². The smallest absolute Gasteiger partial charge is 0.233 e. The molecule has 2 rings (SSSR count). The van der Waals surface area contributed by atoms with E-state index in [9.17, 15) is 19.8 Å². The maximum Gasteiger partial charge on any atom is 0.233 e. The SMILES string of the molecule is C=CCC(C(=O)NCc1ccccc1O)C(=O)NCc1ccccc1O. The molecule has 0 unspecified atom stereocenters. The van der Waals surface area contributed by atoms with Crippen molar-refractivity contribution in [2.45, 2.75) is 19.5 Å². The molecule has 2 aromatic carbocycles. The van der Waals surface area contributed by atoms with Gasteiger partial charge in [0.15, 0.2) is 0 Å². The summed E-state index contributed by atoms with van der Waals surface area (Å²) in [6, 6.07) is 13.3. The highest BCUT2D eigenvalue weighted by molar-refractivity contribution is 6.00. The number of allylic oxidation sites excluding steroid dienone is 1. The molecular formula is C20H22N2O4. The van der Waals surface area contributed by atoms with Crippen LogP contribution in [-0.4, -0.2) is 22.0 Å². The number of hydrogen-bond donors (Lipinski definition) is 4. The molecule has 0 atom stereocenters. The van der Waals surface area contributed by atoms with E-state index in [0.29, 0.717) is 11.1 Å². The first kappa shape index (κ1) is 19.1. The summed E-state index contributed by atoms with van der Waals surface area (Å²) in [6.07, 6.45) is 1.68. The highest BCUT2D eigenvalue weighted by Crippen LogP contribution is 2.17. The number of phenolic OH excluding ortho intramolecular Hbond substituents is 2. The molecule has 136 valence electrons. The highest BCUT2D eigenvalue weighted by Gasteiger charge is 2.25. The zero-order valence-electron chi connectivity index (χ0n) is 14.3. The molecule has 0 fully saturated rings. The van der Waals surface area contributed by atoms with Crippen LogP contribution in [0.3, 0.4) is 0 Å². The maximum atomic E-state index is 12.4. The monoisotopic (exact) mass is 354 g/mol. The van der Waals surface area contributed by atoms with Crippen molar-refractivity contribution in [3.63, 3.8) is 0 Å². The third-order valence-electron chi connectivity index (χ3n) is 3.92. The lowest BCUT2D eigenvalue weighted by molar-refractivity contribution is -0.135. The highest BCUT2D eigenvalue weighted by atomic mass is 16.3. The molecule has 0 spiro atoms. The first-order valence-electron chi connectivity index (χ1n) is 8.23. The number of para-hydroxylation sites is 2. The molecule has 0 radical (unpaired) electrons. The summed E-state index contributed by atoms with van der Waals surface area (Å²) < 4.78 is 0. The fourth-order valence-electron chi connectivity index (χ4n) is 2.43. The van der Waals surface area contributed by atoms with Crippen molar-refractivity contribution in [3.8, 4) is 11.5 Å². The Morgan fingerprint density at radius 2 is 1.31 bits per heavy atom. The summed E-state index contributed by atoms with van der Waals surface area (Å²) in [5.74, 6) is -1.69. The van der Waals surface area contributed by atoms with Gasteiger partial charge in [-0.1, -0.05) is 42.5 Å². The van der Waals surface area contributed by atoms with Crippen molar-refractivity contribution < 1.29 is 19.8 Å². The van der Waals surface area contributed by atoms with Crippen LogP contribution in [0.25, 0.3) is 0 Å². The lowest BCUT2D eigenvalue weighted by Crippen LogP contribution is -2.40. The molecule has 0 aliphatic rings. The van der Waals surface area contributed by atoms with Crippen LogP contribution >= 0.6 is 0 Å². The second-order valence-corrected chi connectivity index (χ2v) is 5.77. The van der Waals surface area contributed by atoms with Gasteiger partial charge in [-0.2, -0.15) is 0 Å². The number of phenols is 2. The Morgan fingerprint density at radius 1 is 0.885 bits per heavy atom. The Bertz CT molecular complexity index is 727. The third-order valence-corrected chi connectivity index (χ3v) is 3.92. The van der Waals surface area contributed by atoms with Gasteiger partial charge >= 0.3 is 0 Å². The predicted molar refractivity (Wildman–Crippen MR) is 98.2 cm³/mol. The maximum absolute atomic E-state index is 12.4. The van der Waals surface area contributed by atoms with Crippen LogP contribution in [0.5, 0.6) is 11.5 Å². The standard InChI is InChI=1S/C20H22N2O4/c1-2-7-16(19(25)21-12-14-8-3-5-10-17(14)23)20(26)22-13-15-9-4-6-11-18(15)24/h2-6,8-11,16,23-24H,1,7,12-13H2,(H,21,25)(H,22,26). The predicted octanol–water partition coefficient (Wildman–Crippen LogP) is 2.22. The largest absolute Gasteiger partial charge is 0.508 e. The van der Waals surface area contributed by atoms with Crippen LogP contribution < -0.4 is 10.6 Å². The van der Waals surface area contributed by atoms with E-state index in [1.165, 1.54) is 18.2 Å². The van der Waals surface area contributed by atoms with Gasteiger partial charge in [0.05, 0.1) is 0 Å². The number of hydrogen-bond acceptors (Lipinski definition) is 4. The number of carbonyl (C=O) groups is 2. The van der Waals surface area contributed by atoms with Crippen molar-refractivity contribution >= 4 is 11.8 Å². The number of benzene rings is 2. The number of amides is 2. The number of carbonyl (C=O) groups excluding carboxylic acids is 2. The summed E-state index contributed by atoms with van der Waals surface area (Å²) in [4.78, 5) is 24.8. The second-order valence-electron chi connectivity index (χ2n) is 5.77. The molecule has 2 aromatic rings. The van der Waals surface area contributed by atoms with Crippen LogP contribution in [0.4, 0.5) is 0 Å². The van der Waals surface area contributed by atoms with Gasteiger partial charge in [0.25, 0.3) is 0 Å². The molecule has 0 heterocycles. The van der Waals surface area contributed by atoms with Gasteiger partial charge in [-0.05, 0) is 18.6 Å². The van der Waals surface area contributed by atoms with Crippen molar-refractivity contribution in [1.29, 1.82) is 0 Å². The van der Waals surface area contributed by atoms with Gasteiger partial charge in [0, 0.05) is 24.2 Å². The normalized spacial score (nSPS) is 10.3.